The van der Waals surface area contributed by atoms with Gasteiger partial charge in [0, 0.05) is 17.5 Å². The van der Waals surface area contributed by atoms with Gasteiger partial charge in [-0.2, -0.15) is 0 Å². The molecule has 4 rings (SSSR count). The number of alkyl halides is 1. The Balaban J connectivity index is 1.61. The summed E-state index contributed by atoms with van der Waals surface area (Å²) >= 11 is 13.2. The number of halogens is 2. The van der Waals surface area contributed by atoms with Crippen LogP contribution in [0.5, 0.6) is 11.5 Å². The van der Waals surface area contributed by atoms with E-state index in [0.29, 0.717) is 24.2 Å². The molecule has 0 bridgehead atoms. The Morgan fingerprint density at radius 3 is 2.24 bits per heavy atom. The summed E-state index contributed by atoms with van der Waals surface area (Å²) in [6.07, 6.45) is 6.28. The van der Waals surface area contributed by atoms with Gasteiger partial charge in [-0.05, 0) is 42.2 Å². The van der Waals surface area contributed by atoms with Crippen LogP contribution in [0, 0.1) is 17.8 Å². The zero-order valence-electron chi connectivity index (χ0n) is 12.0. The fraction of sp³-hybridized carbons (Fsp3) is 0.647. The Morgan fingerprint density at radius 2 is 1.57 bits per heavy atom. The number of fused-ring (bicyclic) bond motifs is 2. The van der Waals surface area contributed by atoms with E-state index < -0.39 is 0 Å². The summed E-state index contributed by atoms with van der Waals surface area (Å²) in [5.41, 5.74) is 1.02. The average molecular weight is 327 g/mol. The third-order valence-electron chi connectivity index (χ3n) is 5.22. The maximum Gasteiger partial charge on any atom is 0.162 e. The molecule has 1 heterocycles. The van der Waals surface area contributed by atoms with Gasteiger partial charge in [-0.25, -0.2) is 0 Å². The molecule has 0 radical (unpaired) electrons. The number of hydrogen-bond acceptors (Lipinski definition) is 2. The third kappa shape index (κ3) is 2.51. The second-order valence-corrected chi connectivity index (χ2v) is 7.34. The molecule has 4 heteroatoms. The molecule has 2 nitrogen and oxygen atoms in total. The van der Waals surface area contributed by atoms with Crippen molar-refractivity contribution in [3.05, 3.63) is 22.7 Å². The molecule has 1 aliphatic heterocycles. The SMILES string of the molecule is Clc1cc2c(cc1C(Cl)C1C3CCCCC31)OCCCO2. The molecule has 2 aliphatic carbocycles. The van der Waals surface area contributed by atoms with Gasteiger partial charge in [-0.3, -0.25) is 0 Å². The molecular weight excluding hydrogens is 307 g/mol. The molecule has 0 N–H and O–H groups in total. The van der Waals surface area contributed by atoms with Crippen LogP contribution in [0.3, 0.4) is 0 Å². The van der Waals surface area contributed by atoms with Crippen molar-refractivity contribution in [2.24, 2.45) is 17.8 Å². The van der Waals surface area contributed by atoms with E-state index in [2.05, 4.69) is 0 Å². The predicted molar refractivity (Wildman–Crippen MR) is 84.6 cm³/mol. The maximum atomic E-state index is 6.79. The van der Waals surface area contributed by atoms with E-state index in [1.54, 1.807) is 0 Å². The zero-order valence-corrected chi connectivity index (χ0v) is 13.5. The molecule has 2 fully saturated rings. The lowest BCUT2D eigenvalue weighted by Crippen LogP contribution is -2.00. The second kappa shape index (κ2) is 5.55. The van der Waals surface area contributed by atoms with Crippen molar-refractivity contribution in [3.63, 3.8) is 0 Å². The second-order valence-electron chi connectivity index (χ2n) is 6.46. The van der Waals surface area contributed by atoms with Crippen LogP contribution in [-0.4, -0.2) is 13.2 Å². The van der Waals surface area contributed by atoms with Gasteiger partial charge in [0.15, 0.2) is 11.5 Å². The molecule has 114 valence electrons. The first-order valence-corrected chi connectivity index (χ1v) is 8.80. The summed E-state index contributed by atoms with van der Waals surface area (Å²) in [5.74, 6) is 3.76. The maximum absolute atomic E-state index is 6.79. The summed E-state index contributed by atoms with van der Waals surface area (Å²) in [5, 5.41) is 0.714. The quantitative estimate of drug-likeness (QED) is 0.694. The van der Waals surface area contributed by atoms with E-state index in [9.17, 15) is 0 Å². The van der Waals surface area contributed by atoms with Crippen molar-refractivity contribution in [1.29, 1.82) is 0 Å². The summed E-state index contributed by atoms with van der Waals surface area (Å²) in [4.78, 5) is 0. The number of ether oxygens (including phenoxy) is 2. The van der Waals surface area contributed by atoms with E-state index in [-0.39, 0.29) is 5.38 Å². The topological polar surface area (TPSA) is 18.5 Å². The molecule has 3 unspecified atom stereocenters. The monoisotopic (exact) mass is 326 g/mol. The van der Waals surface area contributed by atoms with E-state index in [4.69, 9.17) is 32.7 Å². The fourth-order valence-corrected chi connectivity index (χ4v) is 4.98. The van der Waals surface area contributed by atoms with Gasteiger partial charge in [-0.15, -0.1) is 11.6 Å². The molecule has 1 aromatic carbocycles. The first-order valence-electron chi connectivity index (χ1n) is 7.99. The minimum absolute atomic E-state index is 0.00255. The highest BCUT2D eigenvalue weighted by Crippen LogP contribution is 2.63. The van der Waals surface area contributed by atoms with E-state index in [1.807, 2.05) is 12.1 Å². The minimum atomic E-state index is 0.00255. The highest BCUT2D eigenvalue weighted by atomic mass is 35.5. The van der Waals surface area contributed by atoms with E-state index >= 15 is 0 Å². The lowest BCUT2D eigenvalue weighted by atomic mass is 10.0. The Labute approximate surface area is 135 Å². The Bertz CT molecular complexity index is 534. The number of rotatable bonds is 2. The lowest BCUT2D eigenvalue weighted by Gasteiger charge is -2.15. The van der Waals surface area contributed by atoms with Gasteiger partial charge in [0.1, 0.15) is 0 Å². The van der Waals surface area contributed by atoms with Crippen molar-refractivity contribution in [1.82, 2.24) is 0 Å². The van der Waals surface area contributed by atoms with Gasteiger partial charge in [0.25, 0.3) is 0 Å². The fourth-order valence-electron chi connectivity index (χ4n) is 4.10. The van der Waals surface area contributed by atoms with E-state index in [1.165, 1.54) is 25.7 Å². The lowest BCUT2D eigenvalue weighted by molar-refractivity contribution is 0.297. The summed E-state index contributed by atoms with van der Waals surface area (Å²) in [6, 6.07) is 3.88. The van der Waals surface area contributed by atoms with Crippen molar-refractivity contribution in [2.75, 3.05) is 13.2 Å². The van der Waals surface area contributed by atoms with Crippen LogP contribution in [0.4, 0.5) is 0 Å². The molecule has 2 saturated carbocycles. The highest BCUT2D eigenvalue weighted by Gasteiger charge is 2.54. The first kappa shape index (κ1) is 14.0. The summed E-state index contributed by atoms with van der Waals surface area (Å²) < 4.78 is 11.5. The Kier molecular flexibility index (Phi) is 3.71. The van der Waals surface area contributed by atoms with Gasteiger partial charge in [-0.1, -0.05) is 24.4 Å². The summed E-state index contributed by atoms with van der Waals surface area (Å²) in [6.45, 7) is 1.37. The van der Waals surface area contributed by atoms with Crippen LogP contribution in [0.15, 0.2) is 12.1 Å². The molecule has 3 atom stereocenters. The van der Waals surface area contributed by atoms with Gasteiger partial charge in [0.05, 0.1) is 18.6 Å². The van der Waals surface area contributed by atoms with Crippen LogP contribution in [0.25, 0.3) is 0 Å². The van der Waals surface area contributed by atoms with Crippen molar-refractivity contribution in [2.45, 2.75) is 37.5 Å². The standard InChI is InChI=1S/C17H20Cl2O2/c18-13-9-15-14(20-6-3-7-21-15)8-12(13)17(19)16-10-4-1-2-5-11(10)16/h8-11,16-17H,1-7H2. The Morgan fingerprint density at radius 1 is 0.952 bits per heavy atom. The Hall–Kier alpha value is -0.600. The molecule has 3 aliphatic rings. The third-order valence-corrected chi connectivity index (χ3v) is 6.08. The zero-order chi connectivity index (χ0) is 14.4. The largest absolute Gasteiger partial charge is 0.490 e. The minimum Gasteiger partial charge on any atom is -0.490 e. The predicted octanol–water partition coefficient (Wildman–Crippen LogP) is 5.22. The molecule has 1 aromatic rings. The molecule has 0 amide bonds. The molecule has 21 heavy (non-hydrogen) atoms. The molecule has 0 aromatic heterocycles. The number of hydrogen-bond donors (Lipinski definition) is 0. The van der Waals surface area contributed by atoms with Crippen LogP contribution in [0.1, 0.15) is 43.0 Å². The van der Waals surface area contributed by atoms with Crippen LogP contribution in [0.2, 0.25) is 5.02 Å². The van der Waals surface area contributed by atoms with Gasteiger partial charge >= 0.3 is 0 Å². The van der Waals surface area contributed by atoms with Gasteiger partial charge < -0.3 is 9.47 Å². The van der Waals surface area contributed by atoms with Crippen molar-refractivity contribution in [3.8, 4) is 11.5 Å². The highest BCUT2D eigenvalue weighted by molar-refractivity contribution is 6.33. The molecule has 0 saturated heterocycles. The molecular formula is C17H20Cl2O2. The number of benzene rings is 1. The van der Waals surface area contributed by atoms with Gasteiger partial charge in [0.2, 0.25) is 0 Å². The van der Waals surface area contributed by atoms with Crippen molar-refractivity contribution < 1.29 is 9.47 Å². The first-order chi connectivity index (χ1) is 10.3. The summed E-state index contributed by atoms with van der Waals surface area (Å²) in [7, 11) is 0. The average Bonchev–Trinajstić information content (AvgIpc) is 3.25. The smallest absolute Gasteiger partial charge is 0.162 e. The van der Waals surface area contributed by atoms with Crippen LogP contribution < -0.4 is 9.47 Å². The van der Waals surface area contributed by atoms with Crippen LogP contribution in [-0.2, 0) is 0 Å². The normalized spacial score (nSPS) is 32.0. The molecule has 0 spiro atoms. The van der Waals surface area contributed by atoms with Crippen LogP contribution >= 0.6 is 23.2 Å². The van der Waals surface area contributed by atoms with E-state index in [0.717, 1.165) is 35.3 Å². The van der Waals surface area contributed by atoms with Crippen molar-refractivity contribution >= 4 is 23.2 Å².